The highest BCUT2D eigenvalue weighted by molar-refractivity contribution is 5.31. The van der Waals surface area contributed by atoms with E-state index in [1.165, 1.54) is 0 Å². The molecule has 3 heteroatoms. The van der Waals surface area contributed by atoms with Gasteiger partial charge >= 0.3 is 0 Å². The Morgan fingerprint density at radius 2 is 1.87 bits per heavy atom. The molecule has 3 nitrogen and oxygen atoms in total. The van der Waals surface area contributed by atoms with Crippen molar-refractivity contribution in [2.45, 2.75) is 59.4 Å². The normalized spacial score (nSPS) is 12.1. The Hall–Kier alpha value is -0.990. The summed E-state index contributed by atoms with van der Waals surface area (Å²) in [5.74, 6) is 0.341. The van der Waals surface area contributed by atoms with E-state index >= 15 is 0 Å². The van der Waals surface area contributed by atoms with Gasteiger partial charge in [-0.05, 0) is 33.6 Å². The first-order valence-corrected chi connectivity index (χ1v) is 5.72. The second kappa shape index (κ2) is 4.25. The lowest BCUT2D eigenvalue weighted by Crippen LogP contribution is -2.22. The standard InChI is InChI=1S/C12H22N2O/c1-6-8-10-9(7-2)11(15)14(13-10)12(3,4)5/h15H,6-8H2,1-5H3. The summed E-state index contributed by atoms with van der Waals surface area (Å²) < 4.78 is 1.73. The molecule has 0 radical (unpaired) electrons. The van der Waals surface area contributed by atoms with E-state index in [-0.39, 0.29) is 5.54 Å². The molecule has 1 aromatic rings. The number of aryl methyl sites for hydroxylation is 1. The van der Waals surface area contributed by atoms with Crippen LogP contribution in [0, 0.1) is 0 Å². The van der Waals surface area contributed by atoms with Gasteiger partial charge in [-0.25, -0.2) is 4.68 Å². The highest BCUT2D eigenvalue weighted by Crippen LogP contribution is 2.28. The molecule has 86 valence electrons. The number of aromatic nitrogens is 2. The minimum Gasteiger partial charge on any atom is -0.493 e. The van der Waals surface area contributed by atoms with Crippen LogP contribution in [-0.4, -0.2) is 14.9 Å². The largest absolute Gasteiger partial charge is 0.493 e. The molecule has 0 amide bonds. The quantitative estimate of drug-likeness (QED) is 0.833. The molecular weight excluding hydrogens is 188 g/mol. The Balaban J connectivity index is 3.21. The summed E-state index contributed by atoms with van der Waals surface area (Å²) in [6.07, 6.45) is 2.85. The SMILES string of the molecule is CCCc1nn(C(C)(C)C)c(O)c1CC. The number of hydrogen-bond acceptors (Lipinski definition) is 2. The first-order valence-electron chi connectivity index (χ1n) is 5.72. The van der Waals surface area contributed by atoms with Crippen LogP contribution in [-0.2, 0) is 18.4 Å². The molecule has 0 aromatic carbocycles. The van der Waals surface area contributed by atoms with Crippen molar-refractivity contribution in [3.8, 4) is 5.88 Å². The number of aromatic hydroxyl groups is 1. The lowest BCUT2D eigenvalue weighted by Gasteiger charge is -2.20. The molecule has 1 rings (SSSR count). The van der Waals surface area contributed by atoms with Crippen molar-refractivity contribution in [2.24, 2.45) is 0 Å². The molecule has 15 heavy (non-hydrogen) atoms. The van der Waals surface area contributed by atoms with Gasteiger partial charge in [0, 0.05) is 5.56 Å². The molecule has 0 unspecified atom stereocenters. The summed E-state index contributed by atoms with van der Waals surface area (Å²) in [6.45, 7) is 10.3. The molecule has 0 spiro atoms. The van der Waals surface area contributed by atoms with Crippen LogP contribution >= 0.6 is 0 Å². The van der Waals surface area contributed by atoms with Crippen molar-refractivity contribution in [3.63, 3.8) is 0 Å². The molecule has 0 saturated carbocycles. The van der Waals surface area contributed by atoms with E-state index in [9.17, 15) is 5.11 Å². The smallest absolute Gasteiger partial charge is 0.213 e. The van der Waals surface area contributed by atoms with E-state index in [0.29, 0.717) is 5.88 Å². The zero-order valence-electron chi connectivity index (χ0n) is 10.5. The van der Waals surface area contributed by atoms with E-state index in [4.69, 9.17) is 0 Å². The van der Waals surface area contributed by atoms with Gasteiger partial charge in [-0.3, -0.25) is 0 Å². The number of hydrogen-bond donors (Lipinski definition) is 1. The first-order chi connectivity index (χ1) is 6.91. The molecule has 0 fully saturated rings. The summed E-state index contributed by atoms with van der Waals surface area (Å²) in [5.41, 5.74) is 1.90. The average molecular weight is 210 g/mol. The minimum absolute atomic E-state index is 0.153. The van der Waals surface area contributed by atoms with E-state index < -0.39 is 0 Å². The third-order valence-corrected chi connectivity index (χ3v) is 2.52. The van der Waals surface area contributed by atoms with Gasteiger partial charge in [0.1, 0.15) is 0 Å². The summed E-state index contributed by atoms with van der Waals surface area (Å²) in [7, 11) is 0. The van der Waals surface area contributed by atoms with Crippen LogP contribution in [0.5, 0.6) is 5.88 Å². The molecule has 0 saturated heterocycles. The van der Waals surface area contributed by atoms with Gasteiger partial charge in [-0.1, -0.05) is 20.3 Å². The topological polar surface area (TPSA) is 38.0 Å². The predicted molar refractivity (Wildman–Crippen MR) is 62.3 cm³/mol. The fraction of sp³-hybridized carbons (Fsp3) is 0.750. The maximum atomic E-state index is 10.1. The molecule has 1 heterocycles. The summed E-state index contributed by atoms with van der Waals surface area (Å²) in [6, 6.07) is 0. The van der Waals surface area contributed by atoms with E-state index in [1.54, 1.807) is 4.68 Å². The first kappa shape index (κ1) is 12.1. The molecular formula is C12H22N2O. The lowest BCUT2D eigenvalue weighted by molar-refractivity contribution is 0.292. The average Bonchev–Trinajstić information content (AvgIpc) is 2.42. The third-order valence-electron chi connectivity index (χ3n) is 2.52. The maximum absolute atomic E-state index is 10.1. The van der Waals surface area contributed by atoms with Crippen LogP contribution in [0.2, 0.25) is 0 Å². The summed E-state index contributed by atoms with van der Waals surface area (Å²) in [5, 5.41) is 14.6. The van der Waals surface area contributed by atoms with Crippen molar-refractivity contribution >= 4 is 0 Å². The van der Waals surface area contributed by atoms with Crippen LogP contribution in [0.1, 0.15) is 52.3 Å². The van der Waals surface area contributed by atoms with Gasteiger partial charge < -0.3 is 5.11 Å². The van der Waals surface area contributed by atoms with Gasteiger partial charge in [0.2, 0.25) is 5.88 Å². The van der Waals surface area contributed by atoms with Gasteiger partial charge in [0.15, 0.2) is 0 Å². The fourth-order valence-electron chi connectivity index (χ4n) is 1.75. The van der Waals surface area contributed by atoms with Crippen LogP contribution in [0.15, 0.2) is 0 Å². The third kappa shape index (κ3) is 2.33. The Labute approximate surface area is 92.1 Å². The minimum atomic E-state index is -0.153. The molecule has 0 bridgehead atoms. The Morgan fingerprint density at radius 3 is 2.27 bits per heavy atom. The zero-order chi connectivity index (χ0) is 11.6. The maximum Gasteiger partial charge on any atom is 0.213 e. The van der Waals surface area contributed by atoms with Crippen molar-refractivity contribution in [1.29, 1.82) is 0 Å². The van der Waals surface area contributed by atoms with Gasteiger partial charge in [-0.15, -0.1) is 0 Å². The van der Waals surface area contributed by atoms with Gasteiger partial charge in [0.25, 0.3) is 0 Å². The second-order valence-electron chi connectivity index (χ2n) is 4.94. The molecule has 0 atom stereocenters. The molecule has 0 aliphatic heterocycles. The highest BCUT2D eigenvalue weighted by Gasteiger charge is 2.23. The van der Waals surface area contributed by atoms with Crippen LogP contribution in [0.3, 0.4) is 0 Å². The van der Waals surface area contributed by atoms with Crippen molar-refractivity contribution in [2.75, 3.05) is 0 Å². The van der Waals surface area contributed by atoms with E-state index in [0.717, 1.165) is 30.5 Å². The lowest BCUT2D eigenvalue weighted by atomic mass is 10.1. The molecule has 0 aliphatic rings. The Morgan fingerprint density at radius 1 is 1.27 bits per heavy atom. The molecule has 1 aromatic heterocycles. The number of nitrogens with zero attached hydrogens (tertiary/aromatic N) is 2. The Bertz CT molecular complexity index is 334. The van der Waals surface area contributed by atoms with Crippen molar-refractivity contribution < 1.29 is 5.11 Å². The molecule has 0 aliphatic carbocycles. The van der Waals surface area contributed by atoms with Gasteiger partial charge in [-0.2, -0.15) is 5.10 Å². The van der Waals surface area contributed by atoms with Crippen LogP contribution < -0.4 is 0 Å². The summed E-state index contributed by atoms with van der Waals surface area (Å²) in [4.78, 5) is 0. The van der Waals surface area contributed by atoms with E-state index in [1.807, 2.05) is 0 Å². The predicted octanol–water partition coefficient (Wildman–Crippen LogP) is 2.86. The van der Waals surface area contributed by atoms with Crippen molar-refractivity contribution in [1.82, 2.24) is 9.78 Å². The van der Waals surface area contributed by atoms with Gasteiger partial charge in [0.05, 0.1) is 11.2 Å². The molecule has 1 N–H and O–H groups in total. The van der Waals surface area contributed by atoms with E-state index in [2.05, 4.69) is 39.7 Å². The van der Waals surface area contributed by atoms with Crippen molar-refractivity contribution in [3.05, 3.63) is 11.3 Å². The zero-order valence-corrected chi connectivity index (χ0v) is 10.5. The van der Waals surface area contributed by atoms with Crippen LogP contribution in [0.4, 0.5) is 0 Å². The van der Waals surface area contributed by atoms with Crippen LogP contribution in [0.25, 0.3) is 0 Å². The fourth-order valence-corrected chi connectivity index (χ4v) is 1.75. The number of rotatable bonds is 3. The monoisotopic (exact) mass is 210 g/mol. The highest BCUT2D eigenvalue weighted by atomic mass is 16.3. The second-order valence-corrected chi connectivity index (χ2v) is 4.94. The summed E-state index contributed by atoms with van der Waals surface area (Å²) >= 11 is 0. The Kier molecular flexibility index (Phi) is 3.42.